The molecule has 1 heterocycles. The van der Waals surface area contributed by atoms with Gasteiger partial charge in [0.1, 0.15) is 18.7 Å². The lowest BCUT2D eigenvalue weighted by Crippen LogP contribution is -2.16. The number of rotatable bonds is 4. The second-order valence-electron chi connectivity index (χ2n) is 3.69. The molecular formula is C11H12ClN5O2. The summed E-state index contributed by atoms with van der Waals surface area (Å²) in [5, 5.41) is 16.0. The van der Waals surface area contributed by atoms with E-state index in [2.05, 4.69) is 15.2 Å². The first kappa shape index (κ1) is 13.2. The number of ether oxygens (including phenoxy) is 1. The molecule has 0 atom stereocenters. The molecule has 0 aliphatic rings. The molecule has 3 N–H and O–H groups in total. The van der Waals surface area contributed by atoms with E-state index in [1.54, 1.807) is 29.9 Å². The fourth-order valence-corrected chi connectivity index (χ4v) is 1.78. The van der Waals surface area contributed by atoms with E-state index in [1.165, 1.54) is 6.33 Å². The lowest BCUT2D eigenvalue weighted by molar-refractivity contribution is 0.288. The molecule has 0 aliphatic carbocycles. The molecule has 0 bridgehead atoms. The van der Waals surface area contributed by atoms with Gasteiger partial charge in [0.15, 0.2) is 11.7 Å². The summed E-state index contributed by atoms with van der Waals surface area (Å²) in [4.78, 5) is 4.03. The monoisotopic (exact) mass is 281 g/mol. The summed E-state index contributed by atoms with van der Waals surface area (Å²) in [5.41, 5.74) is 5.92. The average Bonchev–Trinajstić information content (AvgIpc) is 2.81. The molecule has 0 spiro atoms. The van der Waals surface area contributed by atoms with Crippen molar-refractivity contribution < 1.29 is 9.94 Å². The molecular weight excluding hydrogens is 270 g/mol. The maximum atomic E-state index is 8.76. The van der Waals surface area contributed by atoms with E-state index in [-0.39, 0.29) is 12.4 Å². The highest BCUT2D eigenvalue weighted by atomic mass is 35.5. The Bertz CT molecular complexity index is 611. The largest absolute Gasteiger partial charge is 0.485 e. The van der Waals surface area contributed by atoms with Gasteiger partial charge in [-0.2, -0.15) is 5.10 Å². The topological polar surface area (TPSA) is 98.5 Å². The van der Waals surface area contributed by atoms with E-state index < -0.39 is 0 Å². The smallest absolute Gasteiger partial charge is 0.175 e. The van der Waals surface area contributed by atoms with E-state index >= 15 is 0 Å². The van der Waals surface area contributed by atoms with Gasteiger partial charge in [0, 0.05) is 7.05 Å². The molecule has 19 heavy (non-hydrogen) atoms. The fraction of sp³-hybridized carbons (Fsp3) is 0.182. The minimum Gasteiger partial charge on any atom is -0.485 e. The van der Waals surface area contributed by atoms with Crippen molar-refractivity contribution in [3.63, 3.8) is 0 Å². The van der Waals surface area contributed by atoms with Gasteiger partial charge in [0.25, 0.3) is 0 Å². The third-order valence-electron chi connectivity index (χ3n) is 2.50. The SMILES string of the molecule is Cn1ncnc1COc1cccc(Cl)c1/C(N)=N/O. The second kappa shape index (κ2) is 5.57. The van der Waals surface area contributed by atoms with Crippen LogP contribution in [0.3, 0.4) is 0 Å². The molecule has 7 nitrogen and oxygen atoms in total. The van der Waals surface area contributed by atoms with Gasteiger partial charge in [0.05, 0.1) is 10.6 Å². The molecule has 0 aliphatic heterocycles. The molecule has 1 aromatic carbocycles. The van der Waals surface area contributed by atoms with Crippen molar-refractivity contribution in [3.05, 3.63) is 40.9 Å². The van der Waals surface area contributed by atoms with Crippen molar-refractivity contribution in [1.82, 2.24) is 14.8 Å². The van der Waals surface area contributed by atoms with Crippen molar-refractivity contribution in [2.45, 2.75) is 6.61 Å². The summed E-state index contributed by atoms with van der Waals surface area (Å²) >= 11 is 6.01. The predicted octanol–water partition coefficient (Wildman–Crippen LogP) is 1.14. The molecule has 0 amide bonds. The third-order valence-corrected chi connectivity index (χ3v) is 2.82. The molecule has 1 aromatic heterocycles. The van der Waals surface area contributed by atoms with E-state index in [4.69, 9.17) is 27.3 Å². The Morgan fingerprint density at radius 3 is 3.00 bits per heavy atom. The van der Waals surface area contributed by atoms with Crippen molar-refractivity contribution >= 4 is 17.4 Å². The quantitative estimate of drug-likeness (QED) is 0.379. The molecule has 2 aromatic rings. The Morgan fingerprint density at radius 1 is 1.58 bits per heavy atom. The van der Waals surface area contributed by atoms with Crippen molar-refractivity contribution in [2.24, 2.45) is 17.9 Å². The van der Waals surface area contributed by atoms with Gasteiger partial charge in [-0.3, -0.25) is 4.68 Å². The van der Waals surface area contributed by atoms with Crippen LogP contribution >= 0.6 is 11.6 Å². The van der Waals surface area contributed by atoms with Crippen molar-refractivity contribution in [3.8, 4) is 5.75 Å². The standard InChI is InChI=1S/C11H12ClN5O2/c1-17-9(14-6-15-17)5-19-8-4-2-3-7(12)10(8)11(13)16-18/h2-4,6,18H,5H2,1H3,(H2,13,16). The number of oxime groups is 1. The predicted molar refractivity (Wildman–Crippen MR) is 69.3 cm³/mol. The molecule has 0 radical (unpaired) electrons. The summed E-state index contributed by atoms with van der Waals surface area (Å²) in [7, 11) is 1.76. The Labute approximate surface area is 114 Å². The summed E-state index contributed by atoms with van der Waals surface area (Å²) in [5.74, 6) is 0.940. The third kappa shape index (κ3) is 2.76. The molecule has 0 saturated heterocycles. The molecule has 0 unspecified atom stereocenters. The van der Waals surface area contributed by atoms with Gasteiger partial charge in [-0.15, -0.1) is 0 Å². The van der Waals surface area contributed by atoms with E-state index in [9.17, 15) is 0 Å². The van der Waals surface area contributed by atoms with Crippen LogP contribution in [0, 0.1) is 0 Å². The van der Waals surface area contributed by atoms with Crippen LogP contribution < -0.4 is 10.5 Å². The van der Waals surface area contributed by atoms with Crippen molar-refractivity contribution in [2.75, 3.05) is 0 Å². The zero-order valence-corrected chi connectivity index (χ0v) is 10.9. The Hall–Kier alpha value is -2.28. The van der Waals surface area contributed by atoms with Gasteiger partial charge in [-0.1, -0.05) is 22.8 Å². The van der Waals surface area contributed by atoms with Crippen LogP contribution in [-0.2, 0) is 13.7 Å². The van der Waals surface area contributed by atoms with Crippen LogP contribution in [0.4, 0.5) is 0 Å². The number of hydrogen-bond donors (Lipinski definition) is 2. The van der Waals surface area contributed by atoms with Crippen LogP contribution in [0.25, 0.3) is 0 Å². The maximum Gasteiger partial charge on any atom is 0.175 e. The number of aryl methyl sites for hydroxylation is 1. The summed E-state index contributed by atoms with van der Waals surface area (Å²) in [6.45, 7) is 0.197. The second-order valence-corrected chi connectivity index (χ2v) is 4.09. The zero-order valence-electron chi connectivity index (χ0n) is 10.1. The number of benzene rings is 1. The van der Waals surface area contributed by atoms with E-state index in [0.717, 1.165) is 0 Å². The molecule has 0 fully saturated rings. The van der Waals surface area contributed by atoms with Crippen LogP contribution in [0.2, 0.25) is 5.02 Å². The number of aromatic nitrogens is 3. The highest BCUT2D eigenvalue weighted by Crippen LogP contribution is 2.26. The molecule has 100 valence electrons. The van der Waals surface area contributed by atoms with E-state index in [1.807, 2.05) is 0 Å². The normalized spacial score (nSPS) is 11.6. The molecule has 0 saturated carbocycles. The lowest BCUT2D eigenvalue weighted by atomic mass is 10.2. The number of amidine groups is 1. The minimum atomic E-state index is -0.112. The lowest BCUT2D eigenvalue weighted by Gasteiger charge is -2.11. The fourth-order valence-electron chi connectivity index (χ4n) is 1.52. The van der Waals surface area contributed by atoms with Crippen LogP contribution in [0.5, 0.6) is 5.75 Å². The first-order valence-electron chi connectivity index (χ1n) is 5.35. The number of hydrogen-bond acceptors (Lipinski definition) is 5. The van der Waals surface area contributed by atoms with Gasteiger partial charge >= 0.3 is 0 Å². The summed E-state index contributed by atoms with van der Waals surface area (Å²) in [6.07, 6.45) is 1.43. The maximum absolute atomic E-state index is 8.76. The Kier molecular flexibility index (Phi) is 3.86. The first-order valence-corrected chi connectivity index (χ1v) is 5.73. The summed E-state index contributed by atoms with van der Waals surface area (Å²) < 4.78 is 7.18. The number of nitrogens with zero attached hydrogens (tertiary/aromatic N) is 4. The highest BCUT2D eigenvalue weighted by molar-refractivity contribution is 6.34. The number of nitrogens with two attached hydrogens (primary N) is 1. The summed E-state index contributed by atoms with van der Waals surface area (Å²) in [6, 6.07) is 5.02. The Balaban J connectivity index is 2.26. The van der Waals surface area contributed by atoms with Crippen molar-refractivity contribution in [1.29, 1.82) is 0 Å². The minimum absolute atomic E-state index is 0.112. The van der Waals surface area contributed by atoms with Crippen LogP contribution in [-0.4, -0.2) is 25.8 Å². The van der Waals surface area contributed by atoms with Crippen LogP contribution in [0.1, 0.15) is 11.4 Å². The van der Waals surface area contributed by atoms with Gasteiger partial charge in [0.2, 0.25) is 0 Å². The number of halogens is 1. The first-order chi connectivity index (χ1) is 9.13. The zero-order chi connectivity index (χ0) is 13.8. The average molecular weight is 282 g/mol. The van der Waals surface area contributed by atoms with Gasteiger partial charge in [-0.05, 0) is 12.1 Å². The molecule has 2 rings (SSSR count). The van der Waals surface area contributed by atoms with Crippen LogP contribution in [0.15, 0.2) is 29.7 Å². The molecule has 8 heteroatoms. The highest BCUT2D eigenvalue weighted by Gasteiger charge is 2.13. The Morgan fingerprint density at radius 2 is 2.37 bits per heavy atom. The van der Waals surface area contributed by atoms with Gasteiger partial charge in [-0.25, -0.2) is 4.98 Å². The van der Waals surface area contributed by atoms with E-state index in [0.29, 0.717) is 22.2 Å². The van der Waals surface area contributed by atoms with Gasteiger partial charge < -0.3 is 15.7 Å².